The number of anilines is 1. The molecule has 1 aliphatic carbocycles. The van der Waals surface area contributed by atoms with Gasteiger partial charge in [0, 0.05) is 22.6 Å². The van der Waals surface area contributed by atoms with Crippen molar-refractivity contribution in [3.8, 4) is 16.9 Å². The second-order valence-electron chi connectivity index (χ2n) is 6.43. The molecule has 0 spiro atoms. The fourth-order valence-electron chi connectivity index (χ4n) is 2.91. The number of benzene rings is 2. The van der Waals surface area contributed by atoms with E-state index in [9.17, 15) is 9.18 Å². The van der Waals surface area contributed by atoms with Gasteiger partial charge in [0.05, 0.1) is 11.4 Å². The minimum atomic E-state index is -0.320. The van der Waals surface area contributed by atoms with E-state index in [4.69, 9.17) is 11.6 Å². The first-order valence-electron chi connectivity index (χ1n) is 8.53. The Hall–Kier alpha value is -2.66. The van der Waals surface area contributed by atoms with Crippen molar-refractivity contribution < 1.29 is 9.18 Å². The van der Waals surface area contributed by atoms with E-state index in [1.807, 2.05) is 18.2 Å². The Morgan fingerprint density at radius 2 is 1.81 bits per heavy atom. The third-order valence-corrected chi connectivity index (χ3v) is 4.90. The van der Waals surface area contributed by atoms with Crippen LogP contribution in [-0.4, -0.2) is 15.7 Å². The van der Waals surface area contributed by atoms with Crippen molar-refractivity contribution >= 4 is 23.3 Å². The van der Waals surface area contributed by atoms with Gasteiger partial charge in [-0.2, -0.15) is 5.10 Å². The van der Waals surface area contributed by atoms with Crippen LogP contribution in [0.3, 0.4) is 0 Å². The van der Waals surface area contributed by atoms with E-state index in [0.29, 0.717) is 22.2 Å². The van der Waals surface area contributed by atoms with Crippen LogP contribution in [0.4, 0.5) is 10.2 Å². The molecule has 4 nitrogen and oxygen atoms in total. The summed E-state index contributed by atoms with van der Waals surface area (Å²) in [7, 11) is 0. The normalized spacial score (nSPS) is 14.1. The van der Waals surface area contributed by atoms with E-state index in [-0.39, 0.29) is 17.6 Å². The van der Waals surface area contributed by atoms with Gasteiger partial charge in [-0.1, -0.05) is 30.2 Å². The van der Waals surface area contributed by atoms with Crippen LogP contribution < -0.4 is 5.32 Å². The molecule has 1 N–H and O–H groups in total. The van der Waals surface area contributed by atoms with Gasteiger partial charge in [0.25, 0.3) is 0 Å². The Balaban J connectivity index is 1.72. The van der Waals surface area contributed by atoms with Gasteiger partial charge in [-0.05, 0) is 49.2 Å². The summed E-state index contributed by atoms with van der Waals surface area (Å²) in [5.74, 6) is 0.310. The quantitative estimate of drug-likeness (QED) is 0.697. The lowest BCUT2D eigenvalue weighted by Crippen LogP contribution is -2.28. The second-order valence-corrected chi connectivity index (χ2v) is 6.86. The van der Waals surface area contributed by atoms with Crippen LogP contribution in [0.2, 0.25) is 5.02 Å². The number of carbonyl (C=O) groups excluding carboxylic acids is 1. The molecule has 1 fully saturated rings. The van der Waals surface area contributed by atoms with Crippen LogP contribution in [0.15, 0.2) is 54.6 Å². The maximum Gasteiger partial charge on any atom is 0.228 e. The molecule has 1 saturated carbocycles. The Morgan fingerprint density at radius 3 is 2.42 bits per heavy atom. The molecule has 1 aromatic heterocycles. The first-order valence-corrected chi connectivity index (χ1v) is 8.91. The highest BCUT2D eigenvalue weighted by molar-refractivity contribution is 6.30. The zero-order valence-electron chi connectivity index (χ0n) is 14.0. The van der Waals surface area contributed by atoms with Crippen LogP contribution in [0.25, 0.3) is 16.9 Å². The second kappa shape index (κ2) is 6.92. The summed E-state index contributed by atoms with van der Waals surface area (Å²) in [4.78, 5) is 12.4. The van der Waals surface area contributed by atoms with Crippen molar-refractivity contribution in [2.24, 2.45) is 5.92 Å². The molecule has 26 heavy (non-hydrogen) atoms. The van der Waals surface area contributed by atoms with Crippen molar-refractivity contribution in [1.29, 1.82) is 0 Å². The van der Waals surface area contributed by atoms with Crippen LogP contribution in [-0.2, 0) is 4.79 Å². The van der Waals surface area contributed by atoms with Gasteiger partial charge in [-0.15, -0.1) is 0 Å². The third-order valence-electron chi connectivity index (χ3n) is 4.65. The predicted octanol–water partition coefficient (Wildman–Crippen LogP) is 5.07. The molecule has 1 amide bonds. The van der Waals surface area contributed by atoms with Crippen LogP contribution in [0.5, 0.6) is 0 Å². The Kier molecular flexibility index (Phi) is 4.47. The van der Waals surface area contributed by atoms with Gasteiger partial charge in [0.2, 0.25) is 5.91 Å². The van der Waals surface area contributed by atoms with Gasteiger partial charge >= 0.3 is 0 Å². The Morgan fingerprint density at radius 1 is 1.12 bits per heavy atom. The minimum Gasteiger partial charge on any atom is -0.310 e. The fourth-order valence-corrected chi connectivity index (χ4v) is 3.04. The molecule has 4 rings (SSSR count). The molecule has 6 heteroatoms. The van der Waals surface area contributed by atoms with Gasteiger partial charge in [0.1, 0.15) is 11.6 Å². The summed E-state index contributed by atoms with van der Waals surface area (Å²) in [6, 6.07) is 15.2. The number of rotatable bonds is 4. The molecule has 0 unspecified atom stereocenters. The molecular formula is C20H17ClFN3O. The predicted molar refractivity (Wildman–Crippen MR) is 99.9 cm³/mol. The molecule has 1 aliphatic rings. The number of halogens is 2. The number of nitrogens with one attached hydrogen (secondary N) is 1. The van der Waals surface area contributed by atoms with Gasteiger partial charge < -0.3 is 5.32 Å². The summed E-state index contributed by atoms with van der Waals surface area (Å²) < 4.78 is 14.9. The minimum absolute atomic E-state index is 0.00201. The zero-order chi connectivity index (χ0) is 18.1. The fraction of sp³-hybridized carbons (Fsp3) is 0.200. The highest BCUT2D eigenvalue weighted by atomic mass is 35.5. The van der Waals surface area contributed by atoms with E-state index >= 15 is 0 Å². The SMILES string of the molecule is O=C(Nc1cc(-c2ccc(Cl)cc2)nn1-c1ccc(F)cc1)C1CCC1. The lowest BCUT2D eigenvalue weighted by Gasteiger charge is -2.24. The molecule has 0 radical (unpaired) electrons. The van der Waals surface area contributed by atoms with E-state index in [1.54, 1.807) is 28.9 Å². The van der Waals surface area contributed by atoms with Gasteiger partial charge in [-0.25, -0.2) is 9.07 Å². The van der Waals surface area contributed by atoms with Crippen molar-refractivity contribution in [2.45, 2.75) is 19.3 Å². The number of carbonyl (C=O) groups is 1. The number of hydrogen-bond acceptors (Lipinski definition) is 2. The van der Waals surface area contributed by atoms with E-state index in [1.165, 1.54) is 12.1 Å². The lowest BCUT2D eigenvalue weighted by molar-refractivity contribution is -0.122. The molecule has 0 atom stereocenters. The molecule has 0 bridgehead atoms. The highest BCUT2D eigenvalue weighted by Crippen LogP contribution is 2.30. The maximum absolute atomic E-state index is 13.3. The molecule has 1 heterocycles. The lowest BCUT2D eigenvalue weighted by atomic mass is 9.85. The van der Waals surface area contributed by atoms with Gasteiger partial charge in [0.15, 0.2) is 0 Å². The molecule has 0 saturated heterocycles. The maximum atomic E-state index is 13.3. The molecular weight excluding hydrogens is 353 g/mol. The summed E-state index contributed by atoms with van der Waals surface area (Å²) in [6.07, 6.45) is 2.92. The molecule has 132 valence electrons. The monoisotopic (exact) mass is 369 g/mol. The van der Waals surface area contributed by atoms with Crippen molar-refractivity contribution in [1.82, 2.24) is 9.78 Å². The number of nitrogens with zero attached hydrogens (tertiary/aromatic N) is 2. The van der Waals surface area contributed by atoms with Crippen LogP contribution in [0.1, 0.15) is 19.3 Å². The third kappa shape index (κ3) is 3.35. The standard InChI is InChI=1S/C20H17ClFN3O/c21-15-6-4-13(5-7-15)18-12-19(23-20(26)14-2-1-3-14)25(24-18)17-10-8-16(22)9-11-17/h4-12,14H,1-3H2,(H,23,26). The smallest absolute Gasteiger partial charge is 0.228 e. The first kappa shape index (κ1) is 16.8. The highest BCUT2D eigenvalue weighted by Gasteiger charge is 2.26. The summed E-state index contributed by atoms with van der Waals surface area (Å²) >= 11 is 5.95. The van der Waals surface area contributed by atoms with Crippen molar-refractivity contribution in [3.63, 3.8) is 0 Å². The van der Waals surface area contributed by atoms with E-state index < -0.39 is 0 Å². The van der Waals surface area contributed by atoms with Crippen molar-refractivity contribution in [3.05, 3.63) is 65.4 Å². The molecule has 0 aliphatic heterocycles. The van der Waals surface area contributed by atoms with Crippen molar-refractivity contribution in [2.75, 3.05) is 5.32 Å². The van der Waals surface area contributed by atoms with Gasteiger partial charge in [-0.3, -0.25) is 4.79 Å². The Bertz CT molecular complexity index is 931. The summed E-state index contributed by atoms with van der Waals surface area (Å²) in [5.41, 5.74) is 2.26. The summed E-state index contributed by atoms with van der Waals surface area (Å²) in [5, 5.41) is 8.22. The topological polar surface area (TPSA) is 46.9 Å². The molecule has 3 aromatic rings. The van der Waals surface area contributed by atoms with E-state index in [0.717, 1.165) is 24.8 Å². The molecule has 2 aromatic carbocycles. The van der Waals surface area contributed by atoms with Crippen LogP contribution in [0, 0.1) is 11.7 Å². The summed E-state index contributed by atoms with van der Waals surface area (Å²) in [6.45, 7) is 0. The average molecular weight is 370 g/mol. The first-order chi connectivity index (χ1) is 12.6. The zero-order valence-corrected chi connectivity index (χ0v) is 14.7. The Labute approximate surface area is 155 Å². The largest absolute Gasteiger partial charge is 0.310 e. The number of amides is 1. The average Bonchev–Trinajstić information content (AvgIpc) is 2.98. The number of aromatic nitrogens is 2. The van der Waals surface area contributed by atoms with Crippen LogP contribution >= 0.6 is 11.6 Å². The number of hydrogen-bond donors (Lipinski definition) is 1. The van der Waals surface area contributed by atoms with E-state index in [2.05, 4.69) is 10.4 Å².